The molecular weight excluding hydrogens is 259 g/mol. The van der Waals surface area contributed by atoms with E-state index in [9.17, 15) is 9.18 Å². The average molecular weight is 274 g/mol. The van der Waals surface area contributed by atoms with Gasteiger partial charge in [-0.1, -0.05) is 6.07 Å². The van der Waals surface area contributed by atoms with Gasteiger partial charge in [-0.25, -0.2) is 4.39 Å². The van der Waals surface area contributed by atoms with Crippen molar-refractivity contribution in [3.8, 4) is 5.75 Å². The molecule has 0 radical (unpaired) electrons. The summed E-state index contributed by atoms with van der Waals surface area (Å²) in [7, 11) is 0. The van der Waals surface area contributed by atoms with Crippen LogP contribution in [0.2, 0.25) is 0 Å². The molecule has 104 valence electrons. The number of benzene rings is 1. The summed E-state index contributed by atoms with van der Waals surface area (Å²) in [5.41, 5.74) is 6.85. The van der Waals surface area contributed by atoms with Gasteiger partial charge in [0, 0.05) is 30.3 Å². The van der Waals surface area contributed by atoms with Crippen molar-refractivity contribution in [3.05, 3.63) is 63.8 Å². The van der Waals surface area contributed by atoms with Crippen LogP contribution in [-0.2, 0) is 19.5 Å². The number of nitrogens with two attached hydrogens (primary N) is 1. The zero-order chi connectivity index (χ0) is 14.1. The second-order valence-electron chi connectivity index (χ2n) is 4.89. The van der Waals surface area contributed by atoms with Gasteiger partial charge in [0.1, 0.15) is 17.7 Å². The second kappa shape index (κ2) is 5.09. The highest BCUT2D eigenvalue weighted by atomic mass is 19.1. The monoisotopic (exact) mass is 274 g/mol. The van der Waals surface area contributed by atoms with E-state index in [1.807, 2.05) is 0 Å². The minimum absolute atomic E-state index is 0.0965. The Morgan fingerprint density at radius 2 is 2.25 bits per heavy atom. The Morgan fingerprint density at radius 3 is 3.05 bits per heavy atom. The summed E-state index contributed by atoms with van der Waals surface area (Å²) >= 11 is 0. The van der Waals surface area contributed by atoms with Gasteiger partial charge >= 0.3 is 0 Å². The lowest BCUT2D eigenvalue weighted by atomic mass is 10.1. The lowest BCUT2D eigenvalue weighted by molar-refractivity contribution is 0.207. The molecule has 5 heteroatoms. The highest BCUT2D eigenvalue weighted by molar-refractivity contribution is 5.37. The molecule has 0 amide bonds. The summed E-state index contributed by atoms with van der Waals surface area (Å²) in [5.74, 6) is 0.426. The highest BCUT2D eigenvalue weighted by Gasteiger charge is 2.23. The summed E-state index contributed by atoms with van der Waals surface area (Å²) in [6.45, 7) is 0.652. The first kappa shape index (κ1) is 12.9. The predicted octanol–water partition coefficient (Wildman–Crippen LogP) is 1.45. The number of nitrogens with zero attached hydrogens (tertiary/aromatic N) is 1. The van der Waals surface area contributed by atoms with Crippen LogP contribution in [0.15, 0.2) is 41.3 Å². The SMILES string of the molecule is NCc1cccn(CC2Cc3cc(F)ccc3O2)c1=O. The number of aromatic nitrogens is 1. The van der Waals surface area contributed by atoms with E-state index in [2.05, 4.69) is 0 Å². The van der Waals surface area contributed by atoms with Crippen LogP contribution >= 0.6 is 0 Å². The average Bonchev–Trinajstić information content (AvgIpc) is 2.82. The van der Waals surface area contributed by atoms with Crippen molar-refractivity contribution in [1.29, 1.82) is 0 Å². The minimum Gasteiger partial charge on any atom is -0.488 e. The summed E-state index contributed by atoms with van der Waals surface area (Å²) in [5, 5.41) is 0. The molecule has 0 aliphatic carbocycles. The van der Waals surface area contributed by atoms with Gasteiger partial charge in [-0.2, -0.15) is 0 Å². The van der Waals surface area contributed by atoms with Crippen molar-refractivity contribution in [2.24, 2.45) is 5.73 Å². The fourth-order valence-electron chi connectivity index (χ4n) is 2.50. The fraction of sp³-hybridized carbons (Fsp3) is 0.267. The van der Waals surface area contributed by atoms with E-state index in [0.717, 1.165) is 5.56 Å². The van der Waals surface area contributed by atoms with Crippen LogP contribution in [-0.4, -0.2) is 10.7 Å². The third-order valence-corrected chi connectivity index (χ3v) is 3.48. The number of hydrogen-bond donors (Lipinski definition) is 1. The number of ether oxygens (including phenoxy) is 1. The van der Waals surface area contributed by atoms with Crippen molar-refractivity contribution in [1.82, 2.24) is 4.57 Å². The maximum Gasteiger partial charge on any atom is 0.255 e. The molecular formula is C15H15FN2O2. The Labute approximate surface area is 115 Å². The Hall–Kier alpha value is -2.14. The van der Waals surface area contributed by atoms with Crippen molar-refractivity contribution in [2.45, 2.75) is 25.6 Å². The molecule has 20 heavy (non-hydrogen) atoms. The first-order valence-corrected chi connectivity index (χ1v) is 6.51. The molecule has 0 spiro atoms. The third kappa shape index (κ3) is 2.32. The molecule has 0 fully saturated rings. The summed E-state index contributed by atoms with van der Waals surface area (Å²) in [6.07, 6.45) is 2.17. The Bertz CT molecular complexity index is 697. The van der Waals surface area contributed by atoms with Gasteiger partial charge in [-0.15, -0.1) is 0 Å². The number of rotatable bonds is 3. The lowest BCUT2D eigenvalue weighted by Gasteiger charge is -2.13. The van der Waals surface area contributed by atoms with E-state index in [0.29, 0.717) is 24.3 Å². The Kier molecular flexibility index (Phi) is 3.28. The molecule has 2 heterocycles. The molecule has 1 aromatic heterocycles. The van der Waals surface area contributed by atoms with Gasteiger partial charge in [-0.3, -0.25) is 4.79 Å². The molecule has 1 unspecified atom stereocenters. The van der Waals surface area contributed by atoms with Gasteiger partial charge in [0.05, 0.1) is 6.54 Å². The van der Waals surface area contributed by atoms with Crippen LogP contribution in [0.4, 0.5) is 4.39 Å². The summed E-state index contributed by atoms with van der Waals surface area (Å²) < 4.78 is 20.5. The third-order valence-electron chi connectivity index (χ3n) is 3.48. The van der Waals surface area contributed by atoms with Crippen molar-refractivity contribution in [3.63, 3.8) is 0 Å². The maximum atomic E-state index is 13.2. The molecule has 0 saturated heterocycles. The highest BCUT2D eigenvalue weighted by Crippen LogP contribution is 2.29. The van der Waals surface area contributed by atoms with E-state index in [1.54, 1.807) is 29.0 Å². The number of fused-ring (bicyclic) bond motifs is 1. The summed E-state index contributed by atoms with van der Waals surface area (Å²) in [6, 6.07) is 8.00. The first-order chi connectivity index (χ1) is 9.67. The van der Waals surface area contributed by atoms with Gasteiger partial charge in [0.15, 0.2) is 0 Å². The van der Waals surface area contributed by atoms with Gasteiger partial charge in [0.25, 0.3) is 5.56 Å². The van der Waals surface area contributed by atoms with Crippen molar-refractivity contribution >= 4 is 0 Å². The smallest absolute Gasteiger partial charge is 0.255 e. The Morgan fingerprint density at radius 1 is 1.40 bits per heavy atom. The predicted molar refractivity (Wildman–Crippen MR) is 73.1 cm³/mol. The molecule has 1 aliphatic rings. The minimum atomic E-state index is -0.268. The number of pyridine rings is 1. The summed E-state index contributed by atoms with van der Waals surface area (Å²) in [4.78, 5) is 12.1. The van der Waals surface area contributed by atoms with E-state index in [1.165, 1.54) is 12.1 Å². The van der Waals surface area contributed by atoms with Crippen LogP contribution in [0.3, 0.4) is 0 Å². The second-order valence-corrected chi connectivity index (χ2v) is 4.89. The largest absolute Gasteiger partial charge is 0.488 e. The van der Waals surface area contributed by atoms with Gasteiger partial charge < -0.3 is 15.0 Å². The van der Waals surface area contributed by atoms with E-state index >= 15 is 0 Å². The van der Waals surface area contributed by atoms with E-state index < -0.39 is 0 Å². The zero-order valence-corrected chi connectivity index (χ0v) is 10.9. The van der Waals surface area contributed by atoms with Gasteiger partial charge in [0.2, 0.25) is 0 Å². The number of halogens is 1. The van der Waals surface area contributed by atoms with Crippen molar-refractivity contribution < 1.29 is 9.13 Å². The molecule has 0 bridgehead atoms. The zero-order valence-electron chi connectivity index (χ0n) is 10.9. The maximum absolute atomic E-state index is 13.2. The van der Waals surface area contributed by atoms with Gasteiger partial charge in [-0.05, 0) is 24.3 Å². The van der Waals surface area contributed by atoms with Crippen molar-refractivity contribution in [2.75, 3.05) is 0 Å². The molecule has 0 saturated carbocycles. The van der Waals surface area contributed by atoms with Crippen LogP contribution in [0.5, 0.6) is 5.75 Å². The van der Waals surface area contributed by atoms with Crippen LogP contribution in [0.25, 0.3) is 0 Å². The van der Waals surface area contributed by atoms with Crippen LogP contribution in [0, 0.1) is 5.82 Å². The topological polar surface area (TPSA) is 57.2 Å². The molecule has 1 aliphatic heterocycles. The molecule has 2 aromatic rings. The van der Waals surface area contributed by atoms with E-state index in [-0.39, 0.29) is 24.0 Å². The Balaban J connectivity index is 1.80. The lowest BCUT2D eigenvalue weighted by Crippen LogP contribution is -2.31. The first-order valence-electron chi connectivity index (χ1n) is 6.51. The van der Waals surface area contributed by atoms with E-state index in [4.69, 9.17) is 10.5 Å². The quantitative estimate of drug-likeness (QED) is 0.921. The van der Waals surface area contributed by atoms with Crippen LogP contribution in [0.1, 0.15) is 11.1 Å². The fourth-order valence-corrected chi connectivity index (χ4v) is 2.50. The molecule has 3 rings (SSSR count). The molecule has 1 aromatic carbocycles. The molecule has 2 N–H and O–H groups in total. The molecule has 4 nitrogen and oxygen atoms in total. The standard InChI is InChI=1S/C15H15FN2O2/c16-12-3-4-14-11(6-12)7-13(20-14)9-18-5-1-2-10(8-17)15(18)19/h1-6,13H,7-9,17H2. The normalized spacial score (nSPS) is 16.8. The van der Waals surface area contributed by atoms with Crippen LogP contribution < -0.4 is 16.0 Å². The molecule has 1 atom stereocenters. The number of hydrogen-bond acceptors (Lipinski definition) is 3.